The molecule has 0 saturated heterocycles. The molecular weight excluding hydrogens is 96.3 g/mol. The summed E-state index contributed by atoms with van der Waals surface area (Å²) in [7, 11) is 0. The lowest BCUT2D eigenvalue weighted by atomic mass is 10.8. The Hall–Kier alpha value is 0.196. The summed E-state index contributed by atoms with van der Waals surface area (Å²) >= 11 is 0. The Kier molecular flexibility index (Phi) is 8.23. The second kappa shape index (κ2) is 5.20. The summed E-state index contributed by atoms with van der Waals surface area (Å²) in [5.74, 6) is -1.19. The van der Waals surface area contributed by atoms with Gasteiger partial charge < -0.3 is 10.2 Å². The summed E-state index contributed by atoms with van der Waals surface area (Å²) in [5, 5.41) is 15.0. The number of rotatable bonds is 1. The fraction of sp³-hybridized carbons (Fsp3) is 0.500. The maximum absolute atomic E-state index is 9.12. The number of hydrogen-bond donors (Lipinski definition) is 2. The first-order chi connectivity index (χ1) is 2.27. The van der Waals surface area contributed by atoms with Crippen LogP contribution >= 0.6 is 0 Å². The van der Waals surface area contributed by atoms with Crippen LogP contribution in [0, 0.1) is 0 Å². The van der Waals surface area contributed by atoms with E-state index in [0.29, 0.717) is 0 Å². The topological polar surface area (TPSA) is 57.5 Å². The Morgan fingerprint density at radius 2 is 1.83 bits per heavy atom. The molecule has 0 aromatic heterocycles. The van der Waals surface area contributed by atoms with E-state index in [0.717, 1.165) is 0 Å². The van der Waals surface area contributed by atoms with Crippen molar-refractivity contribution in [2.75, 3.05) is 6.61 Å². The van der Waals surface area contributed by atoms with Gasteiger partial charge in [0.25, 0.3) is 0 Å². The fourth-order valence-electron chi connectivity index (χ4n) is 0. The summed E-state index contributed by atoms with van der Waals surface area (Å²) in [6.07, 6.45) is 0. The predicted molar refractivity (Wildman–Crippen MR) is 20.5 cm³/mol. The van der Waals surface area contributed by atoms with Gasteiger partial charge in [0.2, 0.25) is 0 Å². The van der Waals surface area contributed by atoms with Gasteiger partial charge in [0.15, 0.2) is 0 Å². The van der Waals surface area contributed by atoms with Gasteiger partial charge in [-0.3, -0.25) is 0 Å². The van der Waals surface area contributed by atoms with E-state index in [4.69, 9.17) is 15.0 Å². The molecule has 0 aromatic rings. The molecule has 32 valence electrons. The second-order valence-corrected chi connectivity index (χ2v) is 0.552. The predicted octanol–water partition coefficient (Wildman–Crippen LogP) is -1.32. The van der Waals surface area contributed by atoms with Gasteiger partial charge in [-0.2, -0.15) is 0 Å². The fourth-order valence-corrected chi connectivity index (χ4v) is 0. The number of carbonyl (C=O) groups is 1. The van der Waals surface area contributed by atoms with Crippen molar-refractivity contribution in [1.29, 1.82) is 0 Å². The highest BCUT2D eigenvalue weighted by molar-refractivity contribution is 5.75. The maximum Gasteiger partial charge on any atom is 0.329 e. The molecule has 0 heterocycles. The standard InChI is InChI=1S/C2H4O3.Mg/c3-1-2(4)5;/h3H,1H2,(H,4,5);. The van der Waals surface area contributed by atoms with Gasteiger partial charge in [-0.25, -0.2) is 4.79 Å². The van der Waals surface area contributed by atoms with E-state index >= 15 is 0 Å². The van der Waals surface area contributed by atoms with Crippen LogP contribution in [0.5, 0.6) is 0 Å². The zero-order valence-corrected chi connectivity index (χ0v) is 4.63. The lowest BCUT2D eigenvalue weighted by Crippen LogP contribution is -1.98. The molecule has 2 N–H and O–H groups in total. The molecule has 0 spiro atoms. The molecule has 2 radical (unpaired) electrons. The van der Waals surface area contributed by atoms with Crippen LogP contribution in [0.4, 0.5) is 0 Å². The molecule has 0 amide bonds. The van der Waals surface area contributed by atoms with Crippen LogP contribution in [0.2, 0.25) is 0 Å². The van der Waals surface area contributed by atoms with Crippen molar-refractivity contribution in [2.24, 2.45) is 0 Å². The molecule has 0 bridgehead atoms. The Morgan fingerprint density at radius 1 is 1.67 bits per heavy atom. The summed E-state index contributed by atoms with van der Waals surface area (Å²) in [6.45, 7) is -0.778. The SMILES string of the molecule is O=C(O)CO.[Mg]. The quantitative estimate of drug-likeness (QED) is 0.402. The molecule has 0 rings (SSSR count). The first-order valence-electron chi connectivity index (χ1n) is 1.10. The summed E-state index contributed by atoms with van der Waals surface area (Å²) in [5.41, 5.74) is 0. The smallest absolute Gasteiger partial charge is 0.329 e. The van der Waals surface area contributed by atoms with E-state index in [1.807, 2.05) is 0 Å². The normalized spacial score (nSPS) is 6.17. The molecule has 4 heteroatoms. The molecule has 0 aliphatic carbocycles. The van der Waals surface area contributed by atoms with Crippen LogP contribution in [0.3, 0.4) is 0 Å². The zero-order chi connectivity index (χ0) is 4.28. The third-order valence-corrected chi connectivity index (χ3v) is 0.135. The zero-order valence-electron chi connectivity index (χ0n) is 3.22. The number of aliphatic hydroxyl groups is 1. The van der Waals surface area contributed by atoms with E-state index in [2.05, 4.69) is 0 Å². The van der Waals surface area contributed by atoms with Gasteiger partial charge in [-0.05, 0) is 0 Å². The summed E-state index contributed by atoms with van der Waals surface area (Å²) in [4.78, 5) is 9.12. The molecule has 0 unspecified atom stereocenters. The van der Waals surface area contributed by atoms with Gasteiger partial charge in [0.1, 0.15) is 6.61 Å². The minimum Gasteiger partial charge on any atom is -0.480 e. The molecule has 0 atom stereocenters. The van der Waals surface area contributed by atoms with Crippen molar-refractivity contribution in [2.45, 2.75) is 0 Å². The monoisotopic (exact) mass is 100 g/mol. The van der Waals surface area contributed by atoms with Crippen LogP contribution in [0.25, 0.3) is 0 Å². The molecular formula is C2H4MgO3. The summed E-state index contributed by atoms with van der Waals surface area (Å²) < 4.78 is 0. The summed E-state index contributed by atoms with van der Waals surface area (Å²) in [6, 6.07) is 0. The van der Waals surface area contributed by atoms with E-state index in [1.54, 1.807) is 0 Å². The first-order valence-corrected chi connectivity index (χ1v) is 1.10. The van der Waals surface area contributed by atoms with Crippen molar-refractivity contribution in [3.05, 3.63) is 0 Å². The van der Waals surface area contributed by atoms with Crippen molar-refractivity contribution < 1.29 is 15.0 Å². The largest absolute Gasteiger partial charge is 0.480 e. The molecule has 0 saturated carbocycles. The minimum atomic E-state index is -1.19. The molecule has 6 heavy (non-hydrogen) atoms. The van der Waals surface area contributed by atoms with Crippen molar-refractivity contribution in [3.8, 4) is 0 Å². The number of carboxylic acids is 1. The number of aliphatic hydroxyl groups excluding tert-OH is 1. The van der Waals surface area contributed by atoms with Gasteiger partial charge in [0.05, 0.1) is 0 Å². The average Bonchev–Trinajstić information content (AvgIpc) is 1.38. The van der Waals surface area contributed by atoms with Gasteiger partial charge >= 0.3 is 5.97 Å². The molecule has 0 aliphatic heterocycles. The van der Waals surface area contributed by atoms with E-state index in [1.165, 1.54) is 0 Å². The van der Waals surface area contributed by atoms with Crippen molar-refractivity contribution in [1.82, 2.24) is 0 Å². The lowest BCUT2D eigenvalue weighted by Gasteiger charge is -1.72. The highest BCUT2D eigenvalue weighted by atomic mass is 24.3. The van der Waals surface area contributed by atoms with Crippen molar-refractivity contribution >= 4 is 29.0 Å². The second-order valence-electron chi connectivity index (χ2n) is 0.552. The molecule has 3 nitrogen and oxygen atoms in total. The average molecular weight is 100 g/mol. The van der Waals surface area contributed by atoms with Gasteiger partial charge in [-0.15, -0.1) is 0 Å². The Balaban J connectivity index is 0. The van der Waals surface area contributed by atoms with Crippen LogP contribution < -0.4 is 0 Å². The number of aliphatic carboxylic acids is 1. The number of hydrogen-bond acceptors (Lipinski definition) is 2. The van der Waals surface area contributed by atoms with Crippen LogP contribution in [0.15, 0.2) is 0 Å². The maximum atomic E-state index is 9.12. The molecule has 0 fully saturated rings. The Morgan fingerprint density at radius 3 is 1.83 bits per heavy atom. The third-order valence-electron chi connectivity index (χ3n) is 0.135. The first kappa shape index (κ1) is 9.50. The Bertz CT molecular complexity index is 44.1. The van der Waals surface area contributed by atoms with E-state index < -0.39 is 12.6 Å². The lowest BCUT2D eigenvalue weighted by molar-refractivity contribution is -0.140. The third kappa shape index (κ3) is 8.89. The minimum absolute atomic E-state index is 0. The van der Waals surface area contributed by atoms with E-state index in [9.17, 15) is 0 Å². The van der Waals surface area contributed by atoms with E-state index in [-0.39, 0.29) is 23.1 Å². The highest BCUT2D eigenvalue weighted by Gasteiger charge is 1.82. The number of carboxylic acid groups (broad SMARTS) is 1. The van der Waals surface area contributed by atoms with Crippen molar-refractivity contribution in [3.63, 3.8) is 0 Å². The van der Waals surface area contributed by atoms with Crippen LogP contribution in [-0.4, -0.2) is 45.8 Å². The van der Waals surface area contributed by atoms with Crippen LogP contribution in [0.1, 0.15) is 0 Å². The molecule has 0 aliphatic rings. The highest BCUT2D eigenvalue weighted by Crippen LogP contribution is 1.48. The van der Waals surface area contributed by atoms with Gasteiger partial charge in [-0.1, -0.05) is 0 Å². The van der Waals surface area contributed by atoms with Gasteiger partial charge in [0, 0.05) is 23.1 Å². The molecule has 0 aromatic carbocycles. The van der Waals surface area contributed by atoms with Crippen LogP contribution in [-0.2, 0) is 4.79 Å². The Labute approximate surface area is 51.1 Å².